The second-order valence-corrected chi connectivity index (χ2v) is 7.69. The van der Waals surface area contributed by atoms with Gasteiger partial charge in [0.2, 0.25) is 5.91 Å². The number of hydrogen-bond donors (Lipinski definition) is 1. The number of aryl methyl sites for hydroxylation is 2. The van der Waals surface area contributed by atoms with Crippen molar-refractivity contribution >= 4 is 28.9 Å². The van der Waals surface area contributed by atoms with E-state index in [4.69, 9.17) is 11.6 Å². The van der Waals surface area contributed by atoms with Crippen molar-refractivity contribution in [2.24, 2.45) is 7.05 Å². The number of carbonyl (C=O) groups excluding carboxylic acids is 1. The van der Waals surface area contributed by atoms with E-state index in [1.165, 1.54) is 4.68 Å². The van der Waals surface area contributed by atoms with Gasteiger partial charge in [0.1, 0.15) is 5.02 Å². The number of halogens is 1. The first-order valence-corrected chi connectivity index (χ1v) is 9.39. The molecule has 2 aromatic rings. The Kier molecular flexibility index (Phi) is 4.65. The van der Waals surface area contributed by atoms with E-state index in [0.29, 0.717) is 12.2 Å². The minimum Gasteiger partial charge on any atom is -0.366 e. The SMILES string of the molecule is Cc1cccc(NC(=O)CN2C3CC2CN(c2cnn(C)c(=O)c2Cl)C3)c1. The first-order valence-electron chi connectivity index (χ1n) is 9.01. The molecule has 3 saturated heterocycles. The number of anilines is 2. The zero-order valence-electron chi connectivity index (χ0n) is 15.4. The zero-order valence-corrected chi connectivity index (χ0v) is 16.1. The van der Waals surface area contributed by atoms with E-state index in [0.717, 1.165) is 30.8 Å². The van der Waals surface area contributed by atoms with Crippen LogP contribution in [0.4, 0.5) is 11.4 Å². The third-order valence-electron chi connectivity index (χ3n) is 5.37. The average Bonchev–Trinajstić information content (AvgIpc) is 2.64. The van der Waals surface area contributed by atoms with Crippen LogP contribution in [0, 0.1) is 6.92 Å². The Morgan fingerprint density at radius 2 is 2.07 bits per heavy atom. The summed E-state index contributed by atoms with van der Waals surface area (Å²) in [4.78, 5) is 28.7. The van der Waals surface area contributed by atoms with Gasteiger partial charge in [-0.1, -0.05) is 23.7 Å². The second kappa shape index (κ2) is 6.98. The van der Waals surface area contributed by atoms with Gasteiger partial charge < -0.3 is 10.2 Å². The third kappa shape index (κ3) is 3.44. The van der Waals surface area contributed by atoms with Crippen molar-refractivity contribution in [1.82, 2.24) is 14.7 Å². The zero-order chi connectivity index (χ0) is 19.1. The Balaban J connectivity index is 1.39. The summed E-state index contributed by atoms with van der Waals surface area (Å²) in [5.74, 6) is -0.00275. The lowest BCUT2D eigenvalue weighted by Crippen LogP contribution is -2.69. The number of amides is 1. The lowest BCUT2D eigenvalue weighted by molar-refractivity contribution is -0.121. The number of fused-ring (bicyclic) bond motifs is 2. The predicted octanol–water partition coefficient (Wildman–Crippen LogP) is 1.64. The lowest BCUT2D eigenvalue weighted by atomic mass is 9.87. The van der Waals surface area contributed by atoms with Crippen molar-refractivity contribution in [2.45, 2.75) is 25.4 Å². The fourth-order valence-electron chi connectivity index (χ4n) is 3.95. The Morgan fingerprint density at radius 1 is 1.33 bits per heavy atom. The highest BCUT2D eigenvalue weighted by Gasteiger charge is 2.45. The van der Waals surface area contributed by atoms with Gasteiger partial charge in [0, 0.05) is 37.9 Å². The molecule has 5 rings (SSSR count). The molecule has 1 amide bonds. The lowest BCUT2D eigenvalue weighted by Gasteiger charge is -2.56. The summed E-state index contributed by atoms with van der Waals surface area (Å²) in [7, 11) is 1.58. The first-order chi connectivity index (χ1) is 12.9. The first kappa shape index (κ1) is 18.0. The largest absolute Gasteiger partial charge is 0.366 e. The number of hydrogen-bond acceptors (Lipinski definition) is 5. The molecule has 2 unspecified atom stereocenters. The monoisotopic (exact) mass is 387 g/mol. The number of piperidine rings is 1. The molecule has 2 atom stereocenters. The molecular weight excluding hydrogens is 366 g/mol. The molecule has 0 spiro atoms. The Labute approximate surface area is 162 Å². The van der Waals surface area contributed by atoms with Crippen LogP contribution in [0.1, 0.15) is 12.0 Å². The molecule has 7 nitrogen and oxygen atoms in total. The van der Waals surface area contributed by atoms with Gasteiger partial charge >= 0.3 is 0 Å². The second-order valence-electron chi connectivity index (χ2n) is 7.31. The van der Waals surface area contributed by atoms with Crippen LogP contribution < -0.4 is 15.8 Å². The van der Waals surface area contributed by atoms with Gasteiger partial charge in [-0.2, -0.15) is 5.10 Å². The fraction of sp³-hybridized carbons (Fsp3) is 0.421. The molecule has 1 N–H and O–H groups in total. The van der Waals surface area contributed by atoms with Crippen molar-refractivity contribution in [1.29, 1.82) is 0 Å². The summed E-state index contributed by atoms with van der Waals surface area (Å²) in [6, 6.07) is 8.36. The molecule has 3 aliphatic rings. The van der Waals surface area contributed by atoms with Crippen LogP contribution in [-0.4, -0.2) is 52.3 Å². The van der Waals surface area contributed by atoms with Crippen molar-refractivity contribution in [3.05, 3.63) is 51.4 Å². The van der Waals surface area contributed by atoms with E-state index < -0.39 is 0 Å². The maximum Gasteiger partial charge on any atom is 0.287 e. The van der Waals surface area contributed by atoms with Gasteiger partial charge in [-0.05, 0) is 31.0 Å². The normalized spacial score (nSPS) is 21.7. The van der Waals surface area contributed by atoms with Gasteiger partial charge in [0.15, 0.2) is 0 Å². The number of benzene rings is 1. The smallest absolute Gasteiger partial charge is 0.287 e. The summed E-state index contributed by atoms with van der Waals surface area (Å²) < 4.78 is 1.23. The predicted molar refractivity (Wildman–Crippen MR) is 105 cm³/mol. The number of carbonyl (C=O) groups is 1. The highest BCUT2D eigenvalue weighted by atomic mass is 35.5. The van der Waals surface area contributed by atoms with Crippen LogP contribution in [0.2, 0.25) is 5.02 Å². The van der Waals surface area contributed by atoms with Crippen molar-refractivity contribution in [3.63, 3.8) is 0 Å². The van der Waals surface area contributed by atoms with Crippen LogP contribution in [0.25, 0.3) is 0 Å². The molecule has 0 aliphatic carbocycles. The summed E-state index contributed by atoms with van der Waals surface area (Å²) in [5.41, 5.74) is 2.33. The van der Waals surface area contributed by atoms with Gasteiger partial charge in [0.25, 0.3) is 5.56 Å². The van der Waals surface area contributed by atoms with Gasteiger partial charge in [0.05, 0.1) is 18.4 Å². The van der Waals surface area contributed by atoms with Gasteiger partial charge in [-0.25, -0.2) is 4.68 Å². The molecule has 2 bridgehead atoms. The Bertz CT molecular complexity index is 932. The van der Waals surface area contributed by atoms with E-state index in [9.17, 15) is 9.59 Å². The van der Waals surface area contributed by atoms with Crippen LogP contribution in [-0.2, 0) is 11.8 Å². The van der Waals surface area contributed by atoms with Crippen molar-refractivity contribution < 1.29 is 4.79 Å². The standard InChI is InChI=1S/C19H22ClN5O2/c1-12-4-3-5-13(6-12)22-17(26)11-25-14-7-15(25)10-24(9-14)16-8-21-23(2)19(27)18(16)20/h3-6,8,14-15H,7,9-11H2,1-2H3,(H,22,26). The maximum atomic E-state index is 12.4. The summed E-state index contributed by atoms with van der Waals surface area (Å²) in [6.45, 7) is 3.85. The fourth-order valence-corrected chi connectivity index (χ4v) is 4.24. The molecule has 1 aromatic carbocycles. The topological polar surface area (TPSA) is 70.5 Å². The molecule has 1 aromatic heterocycles. The summed E-state index contributed by atoms with van der Waals surface area (Å²) in [6.07, 6.45) is 2.70. The molecule has 3 fully saturated rings. The summed E-state index contributed by atoms with van der Waals surface area (Å²) in [5, 5.41) is 7.25. The van der Waals surface area contributed by atoms with E-state index in [-0.39, 0.29) is 28.6 Å². The van der Waals surface area contributed by atoms with E-state index >= 15 is 0 Å². The number of nitrogens with zero attached hydrogens (tertiary/aromatic N) is 4. The van der Waals surface area contributed by atoms with E-state index in [1.807, 2.05) is 31.2 Å². The Morgan fingerprint density at radius 3 is 2.78 bits per heavy atom. The number of rotatable bonds is 4. The summed E-state index contributed by atoms with van der Waals surface area (Å²) >= 11 is 6.23. The van der Waals surface area contributed by atoms with Crippen molar-refractivity contribution in [3.8, 4) is 0 Å². The number of piperazine rings is 1. The van der Waals surface area contributed by atoms with Crippen LogP contribution >= 0.6 is 11.6 Å². The molecule has 27 heavy (non-hydrogen) atoms. The quantitative estimate of drug-likeness (QED) is 0.863. The minimum absolute atomic E-state index is 0.00275. The maximum absolute atomic E-state index is 12.4. The molecule has 3 aliphatic heterocycles. The molecule has 0 radical (unpaired) electrons. The van der Waals surface area contributed by atoms with Crippen LogP contribution in [0.15, 0.2) is 35.3 Å². The highest BCUT2D eigenvalue weighted by Crippen LogP contribution is 2.35. The van der Waals surface area contributed by atoms with E-state index in [2.05, 4.69) is 20.2 Å². The highest BCUT2D eigenvalue weighted by molar-refractivity contribution is 6.33. The average molecular weight is 388 g/mol. The Hall–Kier alpha value is -2.38. The minimum atomic E-state index is -0.289. The van der Waals surface area contributed by atoms with Gasteiger partial charge in [-0.15, -0.1) is 0 Å². The third-order valence-corrected chi connectivity index (χ3v) is 5.73. The molecule has 8 heteroatoms. The van der Waals surface area contributed by atoms with Crippen LogP contribution in [0.3, 0.4) is 0 Å². The van der Waals surface area contributed by atoms with Crippen molar-refractivity contribution in [2.75, 3.05) is 29.9 Å². The van der Waals surface area contributed by atoms with E-state index in [1.54, 1.807) is 13.2 Å². The molecule has 4 heterocycles. The number of nitrogens with one attached hydrogen (secondary N) is 1. The van der Waals surface area contributed by atoms with Crippen LogP contribution in [0.5, 0.6) is 0 Å². The molecule has 142 valence electrons. The number of aromatic nitrogens is 2. The van der Waals surface area contributed by atoms with Gasteiger partial charge in [-0.3, -0.25) is 14.5 Å². The molecule has 0 saturated carbocycles. The molecular formula is C19H22ClN5O2.